The summed E-state index contributed by atoms with van der Waals surface area (Å²) < 4.78 is 13.2. The first-order valence-corrected chi connectivity index (χ1v) is 7.68. The summed E-state index contributed by atoms with van der Waals surface area (Å²) in [5, 5.41) is 2.96. The smallest absolute Gasteiger partial charge is 0.254 e. The predicted molar refractivity (Wildman–Crippen MR) is 79.9 cm³/mol. The summed E-state index contributed by atoms with van der Waals surface area (Å²) in [6.45, 7) is 3.68. The topological polar surface area (TPSA) is 52.7 Å². The second-order valence-electron chi connectivity index (χ2n) is 5.91. The number of carbonyl (C=O) groups is 2. The minimum Gasteiger partial charge on any atom is -0.352 e. The van der Waals surface area contributed by atoms with Crippen LogP contribution in [0.2, 0.25) is 0 Å². The van der Waals surface area contributed by atoms with Crippen molar-refractivity contribution in [3.63, 3.8) is 0 Å². The van der Waals surface area contributed by atoms with Gasteiger partial charge in [0.15, 0.2) is 0 Å². The summed E-state index contributed by atoms with van der Waals surface area (Å²) in [6, 6.07) is 6.05. The highest BCUT2D eigenvalue weighted by molar-refractivity contribution is 5.94. The van der Waals surface area contributed by atoms with E-state index in [0.717, 1.165) is 26.1 Å². The van der Waals surface area contributed by atoms with E-state index in [-0.39, 0.29) is 23.7 Å². The highest BCUT2D eigenvalue weighted by Gasteiger charge is 2.26. The molecule has 0 spiro atoms. The molecule has 0 radical (unpaired) electrons. The number of benzene rings is 1. The van der Waals surface area contributed by atoms with Crippen molar-refractivity contribution in [3.05, 3.63) is 35.6 Å². The van der Waals surface area contributed by atoms with Crippen LogP contribution in [0.25, 0.3) is 0 Å². The molecule has 2 aliphatic rings. The number of amides is 2. The lowest BCUT2D eigenvalue weighted by Gasteiger charge is -2.35. The normalized spacial score (nSPS) is 22.7. The molecule has 2 aliphatic heterocycles. The number of halogens is 1. The molecular formula is C16H20FN3O2. The average molecular weight is 305 g/mol. The lowest BCUT2D eigenvalue weighted by atomic mass is 10.1. The number of nitrogens with one attached hydrogen (secondary N) is 1. The lowest BCUT2D eigenvalue weighted by molar-refractivity contribution is -0.119. The molecule has 0 unspecified atom stereocenters. The second kappa shape index (κ2) is 6.44. The van der Waals surface area contributed by atoms with Crippen LogP contribution in [-0.2, 0) is 4.79 Å². The van der Waals surface area contributed by atoms with Gasteiger partial charge < -0.3 is 10.2 Å². The molecule has 1 aromatic carbocycles. The molecule has 1 N–H and O–H groups in total. The largest absolute Gasteiger partial charge is 0.352 e. The van der Waals surface area contributed by atoms with Gasteiger partial charge in [-0.3, -0.25) is 14.5 Å². The number of carbonyl (C=O) groups excluding carboxylic acids is 2. The maximum absolute atomic E-state index is 13.2. The van der Waals surface area contributed by atoms with E-state index in [0.29, 0.717) is 25.1 Å². The van der Waals surface area contributed by atoms with E-state index >= 15 is 0 Å². The van der Waals surface area contributed by atoms with Crippen molar-refractivity contribution in [1.29, 1.82) is 0 Å². The first-order valence-electron chi connectivity index (χ1n) is 7.68. The van der Waals surface area contributed by atoms with Gasteiger partial charge in [-0.1, -0.05) is 6.07 Å². The lowest BCUT2D eigenvalue weighted by Crippen LogP contribution is -2.51. The fourth-order valence-corrected chi connectivity index (χ4v) is 3.06. The third kappa shape index (κ3) is 3.44. The van der Waals surface area contributed by atoms with Crippen LogP contribution in [0.15, 0.2) is 24.3 Å². The molecule has 2 saturated heterocycles. The van der Waals surface area contributed by atoms with Gasteiger partial charge in [0.25, 0.3) is 5.91 Å². The molecule has 0 bridgehead atoms. The Bertz CT molecular complexity index is 570. The van der Waals surface area contributed by atoms with Gasteiger partial charge in [0, 0.05) is 50.7 Å². The van der Waals surface area contributed by atoms with Crippen LogP contribution < -0.4 is 5.32 Å². The van der Waals surface area contributed by atoms with E-state index in [1.165, 1.54) is 12.1 Å². The number of nitrogens with zero attached hydrogens (tertiary/aromatic N) is 2. The van der Waals surface area contributed by atoms with Crippen molar-refractivity contribution in [2.45, 2.75) is 18.9 Å². The quantitative estimate of drug-likeness (QED) is 0.901. The van der Waals surface area contributed by atoms with E-state index in [9.17, 15) is 14.0 Å². The number of hydrogen-bond acceptors (Lipinski definition) is 3. The SMILES string of the molecule is O=C1CC[C@@H](CN2CCN(C(=O)c3cccc(F)c3)CC2)N1. The van der Waals surface area contributed by atoms with E-state index in [1.807, 2.05) is 0 Å². The van der Waals surface area contributed by atoms with Crippen molar-refractivity contribution in [1.82, 2.24) is 15.1 Å². The van der Waals surface area contributed by atoms with E-state index in [1.54, 1.807) is 17.0 Å². The van der Waals surface area contributed by atoms with Crippen LogP contribution in [0.4, 0.5) is 4.39 Å². The van der Waals surface area contributed by atoms with Gasteiger partial charge in [-0.2, -0.15) is 0 Å². The van der Waals surface area contributed by atoms with Crippen molar-refractivity contribution >= 4 is 11.8 Å². The maximum atomic E-state index is 13.2. The Hall–Kier alpha value is -1.95. The van der Waals surface area contributed by atoms with Crippen LogP contribution in [0.5, 0.6) is 0 Å². The zero-order chi connectivity index (χ0) is 15.5. The Morgan fingerprint density at radius 1 is 1.27 bits per heavy atom. The van der Waals surface area contributed by atoms with Crippen molar-refractivity contribution in [2.75, 3.05) is 32.7 Å². The van der Waals surface area contributed by atoms with Gasteiger partial charge in [0.05, 0.1) is 0 Å². The van der Waals surface area contributed by atoms with E-state index in [2.05, 4.69) is 10.2 Å². The third-order valence-corrected chi connectivity index (χ3v) is 4.29. The molecule has 1 aromatic rings. The molecule has 0 saturated carbocycles. The zero-order valence-electron chi connectivity index (χ0n) is 12.4. The Labute approximate surface area is 129 Å². The third-order valence-electron chi connectivity index (χ3n) is 4.29. The second-order valence-corrected chi connectivity index (χ2v) is 5.91. The standard InChI is InChI=1S/C16H20FN3O2/c17-13-3-1-2-12(10-13)16(22)20-8-6-19(7-9-20)11-14-4-5-15(21)18-14/h1-3,10,14H,4-9,11H2,(H,18,21)/t14-/m0/s1. The van der Waals surface area contributed by atoms with Crippen LogP contribution in [0.1, 0.15) is 23.2 Å². The molecule has 2 amide bonds. The molecule has 0 aromatic heterocycles. The maximum Gasteiger partial charge on any atom is 0.254 e. The molecule has 1 atom stereocenters. The fraction of sp³-hybridized carbons (Fsp3) is 0.500. The van der Waals surface area contributed by atoms with Gasteiger partial charge in [-0.25, -0.2) is 4.39 Å². The Balaban J connectivity index is 1.51. The van der Waals surface area contributed by atoms with Gasteiger partial charge in [-0.05, 0) is 24.6 Å². The number of rotatable bonds is 3. The van der Waals surface area contributed by atoms with Gasteiger partial charge in [-0.15, -0.1) is 0 Å². The average Bonchev–Trinajstić information content (AvgIpc) is 2.92. The summed E-state index contributed by atoms with van der Waals surface area (Å²) in [5.74, 6) is -0.375. The summed E-state index contributed by atoms with van der Waals surface area (Å²) in [5.41, 5.74) is 0.400. The van der Waals surface area contributed by atoms with Crippen molar-refractivity contribution in [3.8, 4) is 0 Å². The summed E-state index contributed by atoms with van der Waals surface area (Å²) >= 11 is 0. The highest BCUT2D eigenvalue weighted by Crippen LogP contribution is 2.13. The first-order chi connectivity index (χ1) is 10.6. The van der Waals surface area contributed by atoms with Crippen LogP contribution in [-0.4, -0.2) is 60.4 Å². The number of hydrogen-bond donors (Lipinski definition) is 1. The Morgan fingerprint density at radius 2 is 2.05 bits per heavy atom. The van der Waals surface area contributed by atoms with Crippen molar-refractivity contribution < 1.29 is 14.0 Å². The molecule has 5 nitrogen and oxygen atoms in total. The highest BCUT2D eigenvalue weighted by atomic mass is 19.1. The van der Waals surface area contributed by atoms with Crippen molar-refractivity contribution in [2.24, 2.45) is 0 Å². The Morgan fingerprint density at radius 3 is 2.68 bits per heavy atom. The molecule has 2 fully saturated rings. The minimum atomic E-state index is -0.388. The summed E-state index contributed by atoms with van der Waals surface area (Å²) in [4.78, 5) is 27.6. The predicted octanol–water partition coefficient (Wildman–Crippen LogP) is 0.862. The van der Waals surface area contributed by atoms with Gasteiger partial charge in [0.2, 0.25) is 5.91 Å². The summed E-state index contributed by atoms with van der Waals surface area (Å²) in [6.07, 6.45) is 1.50. The fourth-order valence-electron chi connectivity index (χ4n) is 3.06. The van der Waals surface area contributed by atoms with Crippen LogP contribution in [0, 0.1) is 5.82 Å². The molecule has 22 heavy (non-hydrogen) atoms. The molecule has 0 aliphatic carbocycles. The van der Waals surface area contributed by atoms with Crippen LogP contribution >= 0.6 is 0 Å². The van der Waals surface area contributed by atoms with Gasteiger partial charge in [0.1, 0.15) is 5.82 Å². The van der Waals surface area contributed by atoms with Crippen LogP contribution in [0.3, 0.4) is 0 Å². The molecule has 118 valence electrons. The Kier molecular flexibility index (Phi) is 4.38. The first kappa shape index (κ1) is 15.0. The number of piperazine rings is 1. The molecule has 3 rings (SSSR count). The molecule has 6 heteroatoms. The monoisotopic (exact) mass is 305 g/mol. The van der Waals surface area contributed by atoms with E-state index < -0.39 is 0 Å². The minimum absolute atomic E-state index is 0.117. The van der Waals surface area contributed by atoms with Gasteiger partial charge >= 0.3 is 0 Å². The molecule has 2 heterocycles. The zero-order valence-corrected chi connectivity index (χ0v) is 12.4. The van der Waals surface area contributed by atoms with E-state index in [4.69, 9.17) is 0 Å². The summed E-state index contributed by atoms with van der Waals surface area (Å²) in [7, 11) is 0. The molecular weight excluding hydrogens is 285 g/mol.